The summed E-state index contributed by atoms with van der Waals surface area (Å²) in [6.45, 7) is 5.38. The van der Waals surface area contributed by atoms with Gasteiger partial charge < -0.3 is 9.84 Å². The maximum Gasteiger partial charge on any atom is 0.335 e. The number of carboxylic acids is 1. The van der Waals surface area contributed by atoms with Crippen LogP contribution in [0.1, 0.15) is 46.5 Å². The maximum atomic E-state index is 10.9. The van der Waals surface area contributed by atoms with Crippen LogP contribution in [0, 0.1) is 5.92 Å². The van der Waals surface area contributed by atoms with Gasteiger partial charge in [-0.1, -0.05) is 19.8 Å². The Morgan fingerprint density at radius 1 is 1.36 bits per heavy atom. The maximum absolute atomic E-state index is 10.9. The lowest BCUT2D eigenvalue weighted by atomic mass is 9.87. The topological polar surface area (TPSA) is 46.5 Å². The second kappa shape index (κ2) is 4.30. The lowest BCUT2D eigenvalue weighted by molar-refractivity contribution is -0.173. The zero-order chi connectivity index (χ0) is 10.8. The van der Waals surface area contributed by atoms with Crippen molar-refractivity contribution in [3.05, 3.63) is 0 Å². The average molecular weight is 200 g/mol. The molecule has 0 aliphatic heterocycles. The van der Waals surface area contributed by atoms with Gasteiger partial charge in [-0.05, 0) is 32.6 Å². The fraction of sp³-hybridized carbons (Fsp3) is 0.909. The molecule has 0 saturated heterocycles. The predicted octanol–water partition coefficient (Wildman–Crippen LogP) is 2.44. The number of hydrogen-bond donors (Lipinski definition) is 1. The standard InChI is InChI=1S/C11H20O3/c1-8-6-4-5-7-9(8)14-11(2,3)10(12)13/h8-9H,4-7H2,1-3H3,(H,12,13). The second-order valence-corrected chi connectivity index (χ2v) is 4.73. The van der Waals surface area contributed by atoms with Crippen LogP contribution in [0.3, 0.4) is 0 Å². The number of aliphatic carboxylic acids is 1. The van der Waals surface area contributed by atoms with Crippen molar-refractivity contribution < 1.29 is 14.6 Å². The van der Waals surface area contributed by atoms with Gasteiger partial charge in [-0.3, -0.25) is 0 Å². The van der Waals surface area contributed by atoms with Gasteiger partial charge in [0.25, 0.3) is 0 Å². The predicted molar refractivity (Wildman–Crippen MR) is 54.2 cm³/mol. The summed E-state index contributed by atoms with van der Waals surface area (Å²) in [6.07, 6.45) is 4.67. The molecule has 0 heterocycles. The molecule has 0 amide bonds. The van der Waals surface area contributed by atoms with Gasteiger partial charge >= 0.3 is 5.97 Å². The first-order valence-corrected chi connectivity index (χ1v) is 5.34. The minimum Gasteiger partial charge on any atom is -0.479 e. The van der Waals surface area contributed by atoms with Crippen LogP contribution in [0.5, 0.6) is 0 Å². The number of hydrogen-bond acceptors (Lipinski definition) is 2. The van der Waals surface area contributed by atoms with Crippen molar-refractivity contribution in [2.24, 2.45) is 5.92 Å². The van der Waals surface area contributed by atoms with Crippen LogP contribution in [0.25, 0.3) is 0 Å². The zero-order valence-corrected chi connectivity index (χ0v) is 9.25. The smallest absolute Gasteiger partial charge is 0.335 e. The van der Waals surface area contributed by atoms with E-state index in [9.17, 15) is 4.79 Å². The minimum absolute atomic E-state index is 0.120. The third kappa shape index (κ3) is 2.71. The van der Waals surface area contributed by atoms with E-state index in [0.717, 1.165) is 19.3 Å². The second-order valence-electron chi connectivity index (χ2n) is 4.73. The van der Waals surface area contributed by atoms with E-state index < -0.39 is 11.6 Å². The lowest BCUT2D eigenvalue weighted by Crippen LogP contribution is -2.41. The molecule has 1 N–H and O–H groups in total. The molecule has 1 fully saturated rings. The minimum atomic E-state index is -1.05. The first kappa shape index (κ1) is 11.5. The van der Waals surface area contributed by atoms with Crippen molar-refractivity contribution in [3.8, 4) is 0 Å². The molecule has 3 nitrogen and oxygen atoms in total. The molecule has 1 saturated carbocycles. The SMILES string of the molecule is CC1CCCCC1OC(C)(C)C(=O)O. The first-order chi connectivity index (χ1) is 6.43. The summed E-state index contributed by atoms with van der Waals surface area (Å²) in [5, 5.41) is 8.93. The fourth-order valence-corrected chi connectivity index (χ4v) is 1.89. The highest BCUT2D eigenvalue weighted by Gasteiger charge is 2.34. The molecule has 1 aliphatic carbocycles. The Morgan fingerprint density at radius 3 is 2.43 bits per heavy atom. The molecule has 0 radical (unpaired) electrons. The average Bonchev–Trinajstić information content (AvgIpc) is 2.08. The van der Waals surface area contributed by atoms with Crippen LogP contribution in [0.15, 0.2) is 0 Å². The van der Waals surface area contributed by atoms with Gasteiger partial charge in [0, 0.05) is 0 Å². The Kier molecular flexibility index (Phi) is 3.53. The summed E-state index contributed by atoms with van der Waals surface area (Å²) in [5.74, 6) is -0.391. The molecule has 3 heteroatoms. The van der Waals surface area contributed by atoms with Gasteiger partial charge in [-0.15, -0.1) is 0 Å². The molecule has 2 atom stereocenters. The molecule has 14 heavy (non-hydrogen) atoms. The van der Waals surface area contributed by atoms with Crippen molar-refractivity contribution in [1.29, 1.82) is 0 Å². The Morgan fingerprint density at radius 2 is 1.93 bits per heavy atom. The largest absolute Gasteiger partial charge is 0.479 e. The van der Waals surface area contributed by atoms with Gasteiger partial charge in [0.1, 0.15) is 0 Å². The van der Waals surface area contributed by atoms with E-state index in [1.165, 1.54) is 6.42 Å². The highest BCUT2D eigenvalue weighted by Crippen LogP contribution is 2.29. The third-order valence-corrected chi connectivity index (χ3v) is 2.99. The number of carbonyl (C=O) groups is 1. The van der Waals surface area contributed by atoms with Crippen LogP contribution in [0.2, 0.25) is 0 Å². The van der Waals surface area contributed by atoms with Crippen molar-refractivity contribution in [2.45, 2.75) is 58.2 Å². The van der Waals surface area contributed by atoms with Crippen LogP contribution in [-0.2, 0) is 9.53 Å². The Labute approximate surface area is 85.5 Å². The molecule has 2 unspecified atom stereocenters. The molecule has 1 rings (SSSR count). The van der Waals surface area contributed by atoms with Crippen molar-refractivity contribution in [1.82, 2.24) is 0 Å². The van der Waals surface area contributed by atoms with Crippen LogP contribution >= 0.6 is 0 Å². The molecule has 0 aromatic carbocycles. The summed E-state index contributed by atoms with van der Waals surface area (Å²) < 4.78 is 5.65. The molecule has 0 aromatic heterocycles. The molecule has 0 aromatic rings. The van der Waals surface area contributed by atoms with Crippen molar-refractivity contribution in [2.75, 3.05) is 0 Å². The van der Waals surface area contributed by atoms with E-state index in [-0.39, 0.29) is 6.10 Å². The van der Waals surface area contributed by atoms with E-state index in [1.807, 2.05) is 0 Å². The van der Waals surface area contributed by atoms with Crippen molar-refractivity contribution >= 4 is 5.97 Å². The van der Waals surface area contributed by atoms with Gasteiger partial charge in [0.2, 0.25) is 0 Å². The summed E-state index contributed by atoms with van der Waals surface area (Å²) in [5.41, 5.74) is -1.05. The molecule has 82 valence electrons. The van der Waals surface area contributed by atoms with E-state index in [2.05, 4.69) is 6.92 Å². The highest BCUT2D eigenvalue weighted by atomic mass is 16.5. The van der Waals surface area contributed by atoms with Crippen LogP contribution in [-0.4, -0.2) is 22.8 Å². The van der Waals surface area contributed by atoms with E-state index in [1.54, 1.807) is 13.8 Å². The summed E-state index contributed by atoms with van der Waals surface area (Å²) in [4.78, 5) is 10.9. The van der Waals surface area contributed by atoms with Crippen LogP contribution < -0.4 is 0 Å². The fourth-order valence-electron chi connectivity index (χ4n) is 1.89. The summed E-state index contributed by atoms with van der Waals surface area (Å²) in [7, 11) is 0. The summed E-state index contributed by atoms with van der Waals surface area (Å²) in [6, 6.07) is 0. The van der Waals surface area contributed by atoms with Gasteiger partial charge in [0.15, 0.2) is 5.60 Å². The number of rotatable bonds is 3. The monoisotopic (exact) mass is 200 g/mol. The van der Waals surface area contributed by atoms with Crippen LogP contribution in [0.4, 0.5) is 0 Å². The Balaban J connectivity index is 2.53. The van der Waals surface area contributed by atoms with Gasteiger partial charge in [0.05, 0.1) is 6.10 Å². The third-order valence-electron chi connectivity index (χ3n) is 2.99. The number of carboxylic acid groups (broad SMARTS) is 1. The molecular formula is C11H20O3. The Bertz CT molecular complexity index is 211. The van der Waals surface area contributed by atoms with E-state index in [4.69, 9.17) is 9.84 Å². The van der Waals surface area contributed by atoms with E-state index >= 15 is 0 Å². The van der Waals surface area contributed by atoms with Gasteiger partial charge in [-0.2, -0.15) is 0 Å². The van der Waals surface area contributed by atoms with Gasteiger partial charge in [-0.25, -0.2) is 4.79 Å². The first-order valence-electron chi connectivity index (χ1n) is 5.34. The molecule has 0 bridgehead atoms. The zero-order valence-electron chi connectivity index (χ0n) is 9.25. The summed E-state index contributed by atoms with van der Waals surface area (Å²) >= 11 is 0. The lowest BCUT2D eigenvalue weighted by Gasteiger charge is -2.34. The van der Waals surface area contributed by atoms with E-state index in [0.29, 0.717) is 5.92 Å². The molecule has 0 spiro atoms. The highest BCUT2D eigenvalue weighted by molar-refractivity contribution is 5.76. The van der Waals surface area contributed by atoms with Crippen molar-refractivity contribution in [3.63, 3.8) is 0 Å². The number of ether oxygens (including phenoxy) is 1. The Hall–Kier alpha value is -0.570. The molecule has 1 aliphatic rings. The molecular weight excluding hydrogens is 180 g/mol. The quantitative estimate of drug-likeness (QED) is 0.761. The normalized spacial score (nSPS) is 28.8.